The summed E-state index contributed by atoms with van der Waals surface area (Å²) in [6.45, 7) is 5.99. The molecule has 4 heterocycles. The van der Waals surface area contributed by atoms with Gasteiger partial charge in [0.2, 0.25) is 5.88 Å². The summed E-state index contributed by atoms with van der Waals surface area (Å²) in [5, 5.41) is 12.8. The van der Waals surface area contributed by atoms with Gasteiger partial charge < -0.3 is 29.0 Å². The van der Waals surface area contributed by atoms with Gasteiger partial charge in [-0.3, -0.25) is 10.1 Å². The van der Waals surface area contributed by atoms with Crippen molar-refractivity contribution in [2.75, 3.05) is 38.8 Å². The molecule has 0 aliphatic carbocycles. The highest BCUT2D eigenvalue weighted by molar-refractivity contribution is 7.21. The molecule has 1 fully saturated rings. The average molecular weight is 677 g/mol. The van der Waals surface area contributed by atoms with E-state index in [1.807, 2.05) is 19.1 Å². The Balaban J connectivity index is 1.10. The summed E-state index contributed by atoms with van der Waals surface area (Å²) in [4.78, 5) is 44.8. The zero-order chi connectivity index (χ0) is 33.9. The lowest BCUT2D eigenvalue weighted by atomic mass is 10.1. The molecule has 2 aromatic carbocycles. The molecular formula is C33H33FN6O7S. The van der Waals surface area contributed by atoms with Crippen LogP contribution in [-0.4, -0.2) is 93.7 Å². The first-order valence-electron chi connectivity index (χ1n) is 15.1. The molecule has 1 aliphatic rings. The average Bonchev–Trinajstić information content (AvgIpc) is 3.49. The number of hydrogen-bond donors (Lipinski definition) is 2. The van der Waals surface area contributed by atoms with Gasteiger partial charge in [-0.2, -0.15) is 0 Å². The maximum atomic E-state index is 15.2. The monoisotopic (exact) mass is 676 g/mol. The number of carbonyl (C=O) groups excluding carboxylic acids is 2. The number of anilines is 1. The minimum atomic E-state index is -0.776. The highest BCUT2D eigenvalue weighted by Crippen LogP contribution is 2.37. The number of aliphatic hydroxyl groups excluding tert-OH is 1. The molecule has 1 saturated heterocycles. The van der Waals surface area contributed by atoms with Crippen molar-refractivity contribution >= 4 is 50.3 Å². The molecule has 0 spiro atoms. The highest BCUT2D eigenvalue weighted by Gasteiger charge is 2.28. The lowest BCUT2D eigenvalue weighted by molar-refractivity contribution is -0.0186. The smallest absolute Gasteiger partial charge is 0.412 e. The van der Waals surface area contributed by atoms with E-state index >= 15 is 4.39 Å². The summed E-state index contributed by atoms with van der Waals surface area (Å²) in [6.07, 6.45) is 0.622. The first-order valence-corrected chi connectivity index (χ1v) is 16.0. The van der Waals surface area contributed by atoms with Crippen LogP contribution in [0.2, 0.25) is 0 Å². The maximum absolute atomic E-state index is 15.2. The van der Waals surface area contributed by atoms with Crippen LogP contribution in [0, 0.1) is 12.7 Å². The molecule has 15 heteroatoms. The minimum absolute atomic E-state index is 0.00662. The van der Waals surface area contributed by atoms with E-state index in [0.29, 0.717) is 51.0 Å². The van der Waals surface area contributed by atoms with Crippen LogP contribution in [-0.2, 0) is 9.47 Å². The Morgan fingerprint density at radius 1 is 1.12 bits per heavy atom. The van der Waals surface area contributed by atoms with Crippen LogP contribution < -0.4 is 14.8 Å². The SMILES string of the molecule is COc1cnc2c(-c3nc4cc(F)c(O[C@@H](C)[C@@H](C)OC(=O)Nc5ccc(C(=O)N6CCOC[C@H]6CO)nc5)cc4s3)cc(C)cc2n1. The lowest BCUT2D eigenvalue weighted by Crippen LogP contribution is -2.50. The molecule has 3 atom stereocenters. The summed E-state index contributed by atoms with van der Waals surface area (Å²) in [7, 11) is 1.53. The second kappa shape index (κ2) is 14.0. The summed E-state index contributed by atoms with van der Waals surface area (Å²) in [5.74, 6) is -0.555. The van der Waals surface area contributed by atoms with E-state index in [-0.39, 0.29) is 30.6 Å². The zero-order valence-electron chi connectivity index (χ0n) is 26.6. The van der Waals surface area contributed by atoms with Gasteiger partial charge in [-0.25, -0.2) is 29.1 Å². The van der Waals surface area contributed by atoms with Gasteiger partial charge in [0.1, 0.15) is 22.9 Å². The molecule has 6 rings (SSSR count). The number of aryl methyl sites for hydroxylation is 1. The molecular weight excluding hydrogens is 643 g/mol. The van der Waals surface area contributed by atoms with Crippen molar-refractivity contribution in [3.05, 3.63) is 65.9 Å². The number of benzene rings is 2. The Morgan fingerprint density at radius 2 is 1.96 bits per heavy atom. The third kappa shape index (κ3) is 6.98. The molecule has 2 N–H and O–H groups in total. The fraction of sp³-hybridized carbons (Fsp3) is 0.333. The Hall–Kier alpha value is -4.99. The molecule has 2 amide bonds. The minimum Gasteiger partial charge on any atom is -0.484 e. The van der Waals surface area contributed by atoms with Gasteiger partial charge in [-0.15, -0.1) is 11.3 Å². The maximum Gasteiger partial charge on any atom is 0.412 e. The van der Waals surface area contributed by atoms with Crippen LogP contribution in [0.15, 0.2) is 48.8 Å². The number of rotatable bonds is 9. The number of carbonyl (C=O) groups is 2. The predicted octanol–water partition coefficient (Wildman–Crippen LogP) is 5.00. The molecule has 0 unspecified atom stereocenters. The standard InChI is InChI=1S/C33H33FN6O7S/c1-17-9-22(30-26(10-17)38-29(44-4)14-36-30)31-39-25-11-23(34)27(12-28(25)48-31)46-18(2)19(3)47-33(43)37-20-5-6-24(35-13-20)32(42)40-7-8-45-16-21(40)15-41/h5-6,9-14,18-19,21,41H,7-8,15-16H2,1-4H3,(H,37,43)/t18-,19+,21+/m0/s1. The molecule has 3 aromatic heterocycles. The molecule has 250 valence electrons. The van der Waals surface area contributed by atoms with E-state index in [9.17, 15) is 14.7 Å². The molecule has 0 saturated carbocycles. The zero-order valence-corrected chi connectivity index (χ0v) is 27.4. The number of morpholine rings is 1. The van der Waals surface area contributed by atoms with Crippen molar-refractivity contribution in [1.82, 2.24) is 24.8 Å². The van der Waals surface area contributed by atoms with Crippen molar-refractivity contribution in [2.24, 2.45) is 0 Å². The van der Waals surface area contributed by atoms with Crippen molar-refractivity contribution < 1.29 is 38.0 Å². The van der Waals surface area contributed by atoms with Crippen molar-refractivity contribution in [2.45, 2.75) is 39.0 Å². The topological polar surface area (TPSA) is 158 Å². The van der Waals surface area contributed by atoms with Gasteiger partial charge >= 0.3 is 6.09 Å². The number of methoxy groups -OCH3 is 1. The Morgan fingerprint density at radius 3 is 2.71 bits per heavy atom. The van der Waals surface area contributed by atoms with Crippen molar-refractivity contribution in [1.29, 1.82) is 0 Å². The van der Waals surface area contributed by atoms with Gasteiger partial charge in [0.05, 0.1) is 72.3 Å². The van der Waals surface area contributed by atoms with Gasteiger partial charge in [0.15, 0.2) is 11.6 Å². The van der Waals surface area contributed by atoms with Gasteiger partial charge in [-0.05, 0) is 50.6 Å². The van der Waals surface area contributed by atoms with Gasteiger partial charge in [0, 0.05) is 24.2 Å². The predicted molar refractivity (Wildman–Crippen MR) is 176 cm³/mol. The molecule has 0 bridgehead atoms. The fourth-order valence-corrected chi connectivity index (χ4v) is 6.16. The summed E-state index contributed by atoms with van der Waals surface area (Å²) >= 11 is 1.37. The number of hydrogen-bond acceptors (Lipinski definition) is 12. The van der Waals surface area contributed by atoms with Crippen molar-refractivity contribution in [3.8, 4) is 22.2 Å². The second-order valence-corrected chi connectivity index (χ2v) is 12.3. The number of halogens is 1. The van der Waals surface area contributed by atoms with Crippen LogP contribution in [0.1, 0.15) is 29.9 Å². The summed E-state index contributed by atoms with van der Waals surface area (Å²) in [5.41, 5.74) is 3.99. The molecule has 48 heavy (non-hydrogen) atoms. The molecule has 0 radical (unpaired) electrons. The number of pyridine rings is 1. The third-order valence-electron chi connectivity index (χ3n) is 7.85. The number of nitrogens with zero attached hydrogens (tertiary/aromatic N) is 5. The second-order valence-electron chi connectivity index (χ2n) is 11.3. The third-order valence-corrected chi connectivity index (χ3v) is 8.90. The quantitative estimate of drug-likeness (QED) is 0.217. The summed E-state index contributed by atoms with van der Waals surface area (Å²) < 4.78 is 37.8. The number of nitrogens with one attached hydrogen (secondary N) is 1. The molecule has 1 aliphatic heterocycles. The fourth-order valence-electron chi connectivity index (χ4n) is 5.17. The first kappa shape index (κ1) is 32.9. The number of amides is 2. The Bertz CT molecular complexity index is 1970. The number of aliphatic hydroxyl groups is 1. The Kier molecular flexibility index (Phi) is 9.61. The van der Waals surface area contributed by atoms with E-state index in [2.05, 4.69) is 25.3 Å². The number of ether oxygens (including phenoxy) is 4. The lowest BCUT2D eigenvalue weighted by Gasteiger charge is -2.34. The van der Waals surface area contributed by atoms with E-state index < -0.39 is 30.2 Å². The Labute approximate surface area is 278 Å². The first-order chi connectivity index (χ1) is 23.1. The largest absolute Gasteiger partial charge is 0.484 e. The summed E-state index contributed by atoms with van der Waals surface area (Å²) in [6, 6.07) is 9.33. The van der Waals surface area contributed by atoms with Crippen molar-refractivity contribution in [3.63, 3.8) is 0 Å². The normalized spacial score (nSPS) is 16.0. The number of thiazole rings is 1. The van der Waals surface area contributed by atoms with E-state index in [1.54, 1.807) is 26.1 Å². The van der Waals surface area contributed by atoms with Crippen LogP contribution in [0.25, 0.3) is 31.8 Å². The highest BCUT2D eigenvalue weighted by atomic mass is 32.1. The van der Waals surface area contributed by atoms with Gasteiger partial charge in [0.25, 0.3) is 5.91 Å². The van der Waals surface area contributed by atoms with Crippen LogP contribution in [0.4, 0.5) is 14.9 Å². The van der Waals surface area contributed by atoms with Crippen LogP contribution in [0.3, 0.4) is 0 Å². The van der Waals surface area contributed by atoms with E-state index in [0.717, 1.165) is 11.1 Å². The van der Waals surface area contributed by atoms with Crippen LogP contribution in [0.5, 0.6) is 11.6 Å². The van der Waals surface area contributed by atoms with Gasteiger partial charge in [-0.1, -0.05) is 0 Å². The molecule has 13 nitrogen and oxygen atoms in total. The van der Waals surface area contributed by atoms with Crippen LogP contribution >= 0.6 is 11.3 Å². The molecule has 5 aromatic rings. The van der Waals surface area contributed by atoms with E-state index in [1.165, 1.54) is 47.7 Å². The van der Waals surface area contributed by atoms with E-state index in [4.69, 9.17) is 18.9 Å². The number of fused-ring (bicyclic) bond motifs is 2. The number of aromatic nitrogens is 4.